The van der Waals surface area contributed by atoms with E-state index in [0.29, 0.717) is 18.8 Å². The smallest absolute Gasteiger partial charge is 0.255 e. The van der Waals surface area contributed by atoms with Crippen LogP contribution < -0.4 is 5.73 Å². The molecule has 5 heteroatoms. The maximum atomic E-state index is 9.81. The van der Waals surface area contributed by atoms with E-state index in [0.717, 1.165) is 19.3 Å². The molecule has 3 N–H and O–H groups in total. The lowest BCUT2D eigenvalue weighted by molar-refractivity contribution is 0.127. The maximum absolute atomic E-state index is 9.81. The summed E-state index contributed by atoms with van der Waals surface area (Å²) in [6.45, 7) is 0.398. The molecule has 0 amide bonds. The summed E-state index contributed by atoms with van der Waals surface area (Å²) in [5.41, 5.74) is 8.19. The van der Waals surface area contributed by atoms with Crippen LogP contribution in [0.1, 0.15) is 47.7 Å². The Morgan fingerprint density at radius 1 is 1.35 bits per heavy atom. The fourth-order valence-corrected chi connectivity index (χ4v) is 2.75. The van der Waals surface area contributed by atoms with Crippen molar-refractivity contribution in [3.63, 3.8) is 0 Å². The Hall–Kier alpha value is -1.72. The van der Waals surface area contributed by atoms with Crippen LogP contribution in [0.3, 0.4) is 0 Å². The Bertz CT molecular complexity index is 582. The van der Waals surface area contributed by atoms with Crippen molar-refractivity contribution in [3.05, 3.63) is 47.1 Å². The lowest BCUT2D eigenvalue weighted by Gasteiger charge is -2.21. The van der Waals surface area contributed by atoms with E-state index in [1.165, 1.54) is 11.1 Å². The molecule has 0 aliphatic heterocycles. The van der Waals surface area contributed by atoms with Crippen LogP contribution in [0.4, 0.5) is 0 Å². The molecule has 1 unspecified atom stereocenters. The SMILES string of the molecule is NCC[C@H](O)c1nc(C2CCc3ccccc3C2)no1. The van der Waals surface area contributed by atoms with Crippen molar-refractivity contribution in [2.45, 2.75) is 37.7 Å². The van der Waals surface area contributed by atoms with Gasteiger partial charge in [-0.05, 0) is 43.4 Å². The van der Waals surface area contributed by atoms with Crippen LogP contribution in [-0.4, -0.2) is 21.8 Å². The molecule has 1 heterocycles. The van der Waals surface area contributed by atoms with Gasteiger partial charge in [0, 0.05) is 5.92 Å². The molecule has 0 saturated carbocycles. The van der Waals surface area contributed by atoms with Crippen molar-refractivity contribution in [3.8, 4) is 0 Å². The highest BCUT2D eigenvalue weighted by atomic mass is 16.5. The maximum Gasteiger partial charge on any atom is 0.255 e. The van der Waals surface area contributed by atoms with Gasteiger partial charge in [-0.3, -0.25) is 0 Å². The highest BCUT2D eigenvalue weighted by Crippen LogP contribution is 2.31. The van der Waals surface area contributed by atoms with E-state index in [-0.39, 0.29) is 11.8 Å². The van der Waals surface area contributed by atoms with Crippen molar-refractivity contribution in [2.75, 3.05) is 6.54 Å². The number of aliphatic hydroxyl groups excluding tert-OH is 1. The summed E-state index contributed by atoms with van der Waals surface area (Å²) in [5, 5.41) is 13.8. The Morgan fingerprint density at radius 3 is 2.95 bits per heavy atom. The topological polar surface area (TPSA) is 85.2 Å². The van der Waals surface area contributed by atoms with Crippen molar-refractivity contribution >= 4 is 0 Å². The summed E-state index contributed by atoms with van der Waals surface area (Å²) in [4.78, 5) is 4.34. The predicted octanol–water partition coefficient (Wildman–Crippen LogP) is 1.72. The van der Waals surface area contributed by atoms with Crippen LogP contribution in [-0.2, 0) is 12.8 Å². The molecule has 0 radical (unpaired) electrons. The molecule has 20 heavy (non-hydrogen) atoms. The van der Waals surface area contributed by atoms with Crippen molar-refractivity contribution < 1.29 is 9.63 Å². The van der Waals surface area contributed by atoms with Gasteiger partial charge in [0.25, 0.3) is 5.89 Å². The second-order valence-corrected chi connectivity index (χ2v) is 5.29. The summed E-state index contributed by atoms with van der Waals surface area (Å²) in [6, 6.07) is 8.48. The summed E-state index contributed by atoms with van der Waals surface area (Å²) < 4.78 is 5.15. The zero-order chi connectivity index (χ0) is 13.9. The minimum absolute atomic E-state index is 0.271. The Labute approximate surface area is 117 Å². The van der Waals surface area contributed by atoms with Crippen LogP contribution in [0.25, 0.3) is 0 Å². The monoisotopic (exact) mass is 273 g/mol. The third kappa shape index (κ3) is 2.59. The zero-order valence-electron chi connectivity index (χ0n) is 11.3. The van der Waals surface area contributed by atoms with E-state index < -0.39 is 6.10 Å². The minimum Gasteiger partial charge on any atom is -0.383 e. The quantitative estimate of drug-likeness (QED) is 0.886. The van der Waals surface area contributed by atoms with E-state index in [9.17, 15) is 5.11 Å². The van der Waals surface area contributed by atoms with Gasteiger partial charge in [-0.15, -0.1) is 0 Å². The van der Waals surface area contributed by atoms with Crippen LogP contribution in [0.15, 0.2) is 28.8 Å². The van der Waals surface area contributed by atoms with Crippen molar-refractivity contribution in [1.82, 2.24) is 10.1 Å². The first kappa shape index (κ1) is 13.3. The molecular formula is C15H19N3O2. The first-order chi connectivity index (χ1) is 9.78. The first-order valence-electron chi connectivity index (χ1n) is 7.06. The van der Waals surface area contributed by atoms with Crippen molar-refractivity contribution in [2.24, 2.45) is 5.73 Å². The number of benzene rings is 1. The number of nitrogens with two attached hydrogens (primary N) is 1. The Kier molecular flexibility index (Phi) is 3.80. The molecule has 1 aromatic carbocycles. The number of rotatable bonds is 4. The number of fused-ring (bicyclic) bond motifs is 1. The van der Waals surface area contributed by atoms with Crippen LogP contribution in [0, 0.1) is 0 Å². The number of aromatic nitrogens is 2. The molecule has 0 saturated heterocycles. The molecule has 2 atom stereocenters. The van der Waals surface area contributed by atoms with Gasteiger partial charge in [-0.25, -0.2) is 0 Å². The van der Waals surface area contributed by atoms with E-state index in [2.05, 4.69) is 34.4 Å². The molecule has 2 aromatic rings. The van der Waals surface area contributed by atoms with E-state index in [1.807, 2.05) is 0 Å². The highest BCUT2D eigenvalue weighted by Gasteiger charge is 2.25. The summed E-state index contributed by atoms with van der Waals surface area (Å²) in [5.74, 6) is 1.25. The molecule has 5 nitrogen and oxygen atoms in total. The van der Waals surface area contributed by atoms with Gasteiger partial charge in [0.15, 0.2) is 5.82 Å². The molecule has 0 bridgehead atoms. The molecule has 0 fully saturated rings. The van der Waals surface area contributed by atoms with Gasteiger partial charge in [0.2, 0.25) is 0 Å². The van der Waals surface area contributed by atoms with Crippen LogP contribution in [0.2, 0.25) is 0 Å². The van der Waals surface area contributed by atoms with E-state index in [1.54, 1.807) is 0 Å². The second-order valence-electron chi connectivity index (χ2n) is 5.29. The van der Waals surface area contributed by atoms with Gasteiger partial charge in [-0.1, -0.05) is 29.4 Å². The van der Waals surface area contributed by atoms with E-state index >= 15 is 0 Å². The molecule has 1 aliphatic rings. The zero-order valence-corrected chi connectivity index (χ0v) is 11.3. The number of nitrogens with zero attached hydrogens (tertiary/aromatic N) is 2. The largest absolute Gasteiger partial charge is 0.383 e. The van der Waals surface area contributed by atoms with Gasteiger partial charge >= 0.3 is 0 Å². The molecule has 106 valence electrons. The van der Waals surface area contributed by atoms with Crippen molar-refractivity contribution in [1.29, 1.82) is 0 Å². The lowest BCUT2D eigenvalue weighted by Crippen LogP contribution is -2.14. The summed E-state index contributed by atoms with van der Waals surface area (Å²) >= 11 is 0. The normalized spacial score (nSPS) is 19.6. The van der Waals surface area contributed by atoms with Gasteiger partial charge in [-0.2, -0.15) is 4.98 Å². The Balaban J connectivity index is 1.75. The number of aryl methyl sites for hydroxylation is 1. The molecule has 1 aliphatic carbocycles. The summed E-state index contributed by atoms with van der Waals surface area (Å²) in [7, 11) is 0. The van der Waals surface area contributed by atoms with Crippen LogP contribution >= 0.6 is 0 Å². The first-order valence-corrected chi connectivity index (χ1v) is 7.06. The minimum atomic E-state index is -0.753. The number of aliphatic hydroxyl groups is 1. The average Bonchev–Trinajstić information content (AvgIpc) is 2.97. The molecular weight excluding hydrogens is 254 g/mol. The second kappa shape index (κ2) is 5.73. The number of hydrogen-bond donors (Lipinski definition) is 2. The van der Waals surface area contributed by atoms with Gasteiger partial charge < -0.3 is 15.4 Å². The Morgan fingerprint density at radius 2 is 2.15 bits per heavy atom. The van der Waals surface area contributed by atoms with Crippen LogP contribution in [0.5, 0.6) is 0 Å². The lowest BCUT2D eigenvalue weighted by atomic mass is 9.83. The average molecular weight is 273 g/mol. The van der Waals surface area contributed by atoms with Gasteiger partial charge in [0.1, 0.15) is 6.10 Å². The standard InChI is InChI=1S/C15H19N3O2/c16-8-7-13(19)15-17-14(18-20-15)12-6-5-10-3-1-2-4-11(10)9-12/h1-4,12-13,19H,5-9,16H2/t12?,13-/m0/s1. The fourth-order valence-electron chi connectivity index (χ4n) is 2.75. The summed E-state index contributed by atoms with van der Waals surface area (Å²) in [6.07, 6.45) is 2.67. The van der Waals surface area contributed by atoms with Gasteiger partial charge in [0.05, 0.1) is 0 Å². The predicted molar refractivity (Wildman–Crippen MR) is 74.1 cm³/mol. The van der Waals surface area contributed by atoms with E-state index in [4.69, 9.17) is 10.3 Å². The third-order valence-electron chi connectivity index (χ3n) is 3.89. The number of hydrogen-bond acceptors (Lipinski definition) is 5. The third-order valence-corrected chi connectivity index (χ3v) is 3.89. The molecule has 0 spiro atoms. The molecule has 3 rings (SSSR count). The highest BCUT2D eigenvalue weighted by molar-refractivity contribution is 5.31. The molecule has 1 aromatic heterocycles. The fraction of sp³-hybridized carbons (Fsp3) is 0.467.